The number of rotatable bonds is 56. The van der Waals surface area contributed by atoms with Crippen molar-refractivity contribution in [1.82, 2.24) is 5.32 Å². The zero-order valence-electron chi connectivity index (χ0n) is 47.9. The molecule has 1 heterocycles. The van der Waals surface area contributed by atoms with E-state index in [0.717, 1.165) is 51.4 Å². The molecule has 6 N–H and O–H groups in total. The lowest BCUT2D eigenvalue weighted by Gasteiger charge is -2.41. The minimum atomic E-state index is -5.08. The molecule has 0 aromatic heterocycles. The predicted molar refractivity (Wildman–Crippen MR) is 306 cm³/mol. The van der Waals surface area contributed by atoms with Crippen LogP contribution in [0.1, 0.15) is 316 Å². The van der Waals surface area contributed by atoms with Crippen molar-refractivity contribution >= 4 is 16.3 Å². The maximum absolute atomic E-state index is 13.2. The lowest BCUT2D eigenvalue weighted by molar-refractivity contribution is -0.298. The smallest absolute Gasteiger partial charge is 0.394 e. The van der Waals surface area contributed by atoms with Gasteiger partial charge in [0.25, 0.3) is 0 Å². The SMILES string of the molecule is CCCCCCCCCCCCCC/C=C\CCCCCCCCCCC(=O)NC(COC1OC(CO)C(O)C(OS(=O)(=O)O)C1O)C(O)CCCCCCCCCCCCCCCCCCCCCCCCC. The summed E-state index contributed by atoms with van der Waals surface area (Å²) in [6, 6.07) is -0.859. The van der Waals surface area contributed by atoms with Gasteiger partial charge < -0.3 is 35.2 Å². The summed E-state index contributed by atoms with van der Waals surface area (Å²) in [5.41, 5.74) is 0. The molecule has 1 aliphatic rings. The fourth-order valence-corrected chi connectivity index (χ4v) is 11.0. The average molecular weight is 1070 g/mol. The van der Waals surface area contributed by atoms with Gasteiger partial charge in [-0.1, -0.05) is 283 Å². The number of nitrogens with one attached hydrogen (secondary N) is 1. The number of hydrogen-bond acceptors (Lipinski definition) is 10. The van der Waals surface area contributed by atoms with E-state index in [1.54, 1.807) is 0 Å². The minimum Gasteiger partial charge on any atom is -0.394 e. The number of aliphatic hydroxyl groups excluding tert-OH is 4. The van der Waals surface area contributed by atoms with Gasteiger partial charge >= 0.3 is 10.4 Å². The van der Waals surface area contributed by atoms with Crippen LogP contribution in [-0.4, -0.2) is 95.4 Å². The van der Waals surface area contributed by atoms with Crippen molar-refractivity contribution in [1.29, 1.82) is 0 Å². The molecular weight excluding hydrogens is 955 g/mol. The monoisotopic (exact) mass is 1070 g/mol. The zero-order chi connectivity index (χ0) is 54.0. The summed E-state index contributed by atoms with van der Waals surface area (Å²) < 4.78 is 48.0. The molecule has 1 aliphatic heterocycles. The van der Waals surface area contributed by atoms with E-state index in [1.807, 2.05) is 0 Å². The van der Waals surface area contributed by atoms with E-state index < -0.39 is 59.9 Å². The van der Waals surface area contributed by atoms with Gasteiger partial charge in [-0.2, -0.15) is 8.42 Å². The van der Waals surface area contributed by atoms with Crippen molar-refractivity contribution in [2.45, 2.75) is 358 Å². The summed E-state index contributed by atoms with van der Waals surface area (Å²) in [5.74, 6) is -0.227. The second-order valence-electron chi connectivity index (χ2n) is 22.4. The molecule has 7 unspecified atom stereocenters. The largest absolute Gasteiger partial charge is 0.397 e. The summed E-state index contributed by atoms with van der Waals surface area (Å²) in [6.45, 7) is 3.51. The first-order chi connectivity index (χ1) is 36.0. The number of hydrogen-bond donors (Lipinski definition) is 6. The Kier molecular flexibility index (Phi) is 49.1. The Morgan fingerprint density at radius 3 is 1.22 bits per heavy atom. The molecule has 13 heteroatoms. The van der Waals surface area contributed by atoms with Gasteiger partial charge in [-0.15, -0.1) is 0 Å². The van der Waals surface area contributed by atoms with Crippen LogP contribution >= 0.6 is 0 Å². The van der Waals surface area contributed by atoms with E-state index in [9.17, 15) is 38.2 Å². The molecule has 74 heavy (non-hydrogen) atoms. The summed E-state index contributed by atoms with van der Waals surface area (Å²) >= 11 is 0. The first-order valence-electron chi connectivity index (χ1n) is 31.6. The second kappa shape index (κ2) is 51.3. The Morgan fingerprint density at radius 2 is 0.865 bits per heavy atom. The summed E-state index contributed by atoms with van der Waals surface area (Å²) in [7, 11) is -5.08. The molecule has 12 nitrogen and oxygen atoms in total. The summed E-state index contributed by atoms with van der Waals surface area (Å²) in [4.78, 5) is 13.2. The van der Waals surface area contributed by atoms with Gasteiger partial charge in [0.05, 0.1) is 25.4 Å². The normalized spacial score (nSPS) is 19.1. The first kappa shape index (κ1) is 70.9. The Balaban J connectivity index is 2.31. The van der Waals surface area contributed by atoms with Gasteiger partial charge in [-0.3, -0.25) is 9.35 Å². The van der Waals surface area contributed by atoms with Crippen molar-refractivity contribution in [2.75, 3.05) is 13.2 Å². The van der Waals surface area contributed by atoms with Crippen molar-refractivity contribution in [3.05, 3.63) is 12.2 Å². The average Bonchev–Trinajstić information content (AvgIpc) is 3.38. The Bertz CT molecular complexity index is 1350. The maximum Gasteiger partial charge on any atom is 0.397 e. The quantitative estimate of drug-likeness (QED) is 0.0193. The molecule has 0 saturated carbocycles. The third-order valence-electron chi connectivity index (χ3n) is 15.3. The molecule has 7 atom stereocenters. The molecule has 0 radical (unpaired) electrons. The highest BCUT2D eigenvalue weighted by Crippen LogP contribution is 2.26. The van der Waals surface area contributed by atoms with Crippen LogP contribution in [0.3, 0.4) is 0 Å². The molecule has 0 spiro atoms. The highest BCUT2D eigenvalue weighted by atomic mass is 32.3. The van der Waals surface area contributed by atoms with E-state index in [-0.39, 0.29) is 12.5 Å². The van der Waals surface area contributed by atoms with Gasteiger partial charge in [0.2, 0.25) is 5.91 Å². The minimum absolute atomic E-state index is 0.227. The number of carbonyl (C=O) groups excluding carboxylic acids is 1. The van der Waals surface area contributed by atoms with Crippen molar-refractivity contribution in [2.24, 2.45) is 0 Å². The molecule has 1 amide bonds. The molecule has 1 saturated heterocycles. The lowest BCUT2D eigenvalue weighted by Crippen LogP contribution is -2.61. The summed E-state index contributed by atoms with van der Waals surface area (Å²) in [6.07, 6.45) is 53.6. The Labute approximate surface area is 455 Å². The third kappa shape index (κ3) is 42.8. The van der Waals surface area contributed by atoms with E-state index in [1.165, 1.54) is 231 Å². The second-order valence-corrected chi connectivity index (χ2v) is 23.4. The molecule has 1 rings (SSSR count). The van der Waals surface area contributed by atoms with Crippen molar-refractivity contribution in [3.63, 3.8) is 0 Å². The van der Waals surface area contributed by atoms with Crippen LogP contribution in [0.2, 0.25) is 0 Å². The standard InChI is InChI=1S/C61H119NO11S/c1-3-5-7-9-11-13-15-17-19-21-23-25-27-29-31-33-35-37-39-41-43-45-47-49-51-57(65)62-54(53-71-61-59(67)60(73-74(68,69)70)58(66)56(52-63)72-61)55(64)50-48-46-44-42-40-38-36-34-32-30-28-26-24-22-20-18-16-14-12-10-8-6-4-2/h29,31,54-56,58-61,63-64,66-67H,3-28,30,32-53H2,1-2H3,(H,62,65)(H,68,69,70)/b31-29-. The molecular formula is C61H119NO11S. The van der Waals surface area contributed by atoms with Crippen LogP contribution in [0, 0.1) is 0 Å². The topological polar surface area (TPSA) is 192 Å². The van der Waals surface area contributed by atoms with E-state index in [2.05, 4.69) is 35.5 Å². The number of carbonyl (C=O) groups is 1. The zero-order valence-corrected chi connectivity index (χ0v) is 48.8. The van der Waals surface area contributed by atoms with E-state index in [0.29, 0.717) is 19.3 Å². The Morgan fingerprint density at radius 1 is 0.527 bits per heavy atom. The maximum atomic E-state index is 13.2. The van der Waals surface area contributed by atoms with Crippen LogP contribution in [0.25, 0.3) is 0 Å². The van der Waals surface area contributed by atoms with Gasteiger partial charge in [0.15, 0.2) is 6.29 Å². The predicted octanol–water partition coefficient (Wildman–Crippen LogP) is 15.4. The number of allylic oxidation sites excluding steroid dienone is 2. The van der Waals surface area contributed by atoms with Gasteiger partial charge in [-0.25, -0.2) is 4.18 Å². The highest BCUT2D eigenvalue weighted by Gasteiger charge is 2.48. The van der Waals surface area contributed by atoms with Gasteiger partial charge in [0, 0.05) is 6.42 Å². The number of amides is 1. The van der Waals surface area contributed by atoms with Crippen LogP contribution in [-0.2, 0) is 28.9 Å². The number of ether oxygens (including phenoxy) is 2. The van der Waals surface area contributed by atoms with Crippen molar-refractivity contribution in [3.8, 4) is 0 Å². The molecule has 0 aliphatic carbocycles. The van der Waals surface area contributed by atoms with Crippen molar-refractivity contribution < 1.29 is 51.8 Å². The molecule has 1 fully saturated rings. The third-order valence-corrected chi connectivity index (χ3v) is 15.8. The molecule has 440 valence electrons. The first-order valence-corrected chi connectivity index (χ1v) is 32.9. The number of aliphatic hydroxyl groups is 4. The molecule has 0 bridgehead atoms. The lowest BCUT2D eigenvalue weighted by atomic mass is 9.99. The summed E-state index contributed by atoms with van der Waals surface area (Å²) in [5, 5.41) is 45.2. The fourth-order valence-electron chi connectivity index (χ4n) is 10.5. The van der Waals surface area contributed by atoms with Gasteiger partial charge in [-0.05, 0) is 38.5 Å². The van der Waals surface area contributed by atoms with E-state index in [4.69, 9.17) is 9.47 Å². The number of unbranched alkanes of at least 4 members (excludes halogenated alkanes) is 42. The molecule has 0 aromatic carbocycles. The van der Waals surface area contributed by atoms with E-state index >= 15 is 0 Å². The van der Waals surface area contributed by atoms with Crippen LogP contribution in [0.15, 0.2) is 12.2 Å². The van der Waals surface area contributed by atoms with Crippen LogP contribution in [0.4, 0.5) is 0 Å². The van der Waals surface area contributed by atoms with Gasteiger partial charge in [0.1, 0.15) is 24.4 Å². The Hall–Kier alpha value is -1.16. The van der Waals surface area contributed by atoms with Crippen LogP contribution < -0.4 is 5.32 Å². The van der Waals surface area contributed by atoms with Crippen LogP contribution in [0.5, 0.6) is 0 Å². The molecule has 0 aromatic rings. The fraction of sp³-hybridized carbons (Fsp3) is 0.951. The highest BCUT2D eigenvalue weighted by molar-refractivity contribution is 7.80.